The molecule has 132 valence electrons. The standard InChI is InChI=1S/C19H23FN4O/c20-15-8-4-3-7-13(15)17(12-5-1-2-6-12)22-19(25)18-14-11-21-10-9-16(14)23-24-18/h3-4,7-8,12,17,21H,1-2,5-6,9-11H2,(H,22,25)(H,23,24). The second-order valence-corrected chi connectivity index (χ2v) is 6.97. The molecule has 1 aromatic carbocycles. The third kappa shape index (κ3) is 3.18. The summed E-state index contributed by atoms with van der Waals surface area (Å²) in [6.07, 6.45) is 5.13. The molecule has 0 spiro atoms. The highest BCUT2D eigenvalue weighted by Crippen LogP contribution is 2.36. The number of amides is 1. The molecule has 0 saturated heterocycles. The topological polar surface area (TPSA) is 69.8 Å². The largest absolute Gasteiger partial charge is 0.343 e. The Morgan fingerprint density at radius 3 is 2.88 bits per heavy atom. The van der Waals surface area contributed by atoms with E-state index in [-0.39, 0.29) is 23.7 Å². The van der Waals surface area contributed by atoms with Crippen LogP contribution in [0.25, 0.3) is 0 Å². The lowest BCUT2D eigenvalue weighted by atomic mass is 9.91. The smallest absolute Gasteiger partial charge is 0.272 e. The van der Waals surface area contributed by atoms with E-state index in [2.05, 4.69) is 20.8 Å². The summed E-state index contributed by atoms with van der Waals surface area (Å²) in [4.78, 5) is 12.9. The average Bonchev–Trinajstić information content (AvgIpc) is 3.30. The van der Waals surface area contributed by atoms with Crippen molar-refractivity contribution in [2.24, 2.45) is 5.92 Å². The fourth-order valence-electron chi connectivity index (χ4n) is 4.09. The lowest BCUT2D eigenvalue weighted by molar-refractivity contribution is 0.0914. The van der Waals surface area contributed by atoms with Gasteiger partial charge in [-0.3, -0.25) is 9.89 Å². The van der Waals surface area contributed by atoms with Gasteiger partial charge in [-0.25, -0.2) is 4.39 Å². The van der Waals surface area contributed by atoms with Crippen molar-refractivity contribution in [2.45, 2.75) is 44.7 Å². The summed E-state index contributed by atoms with van der Waals surface area (Å²) >= 11 is 0. The van der Waals surface area contributed by atoms with Gasteiger partial charge >= 0.3 is 0 Å². The summed E-state index contributed by atoms with van der Waals surface area (Å²) in [5.41, 5.74) is 2.96. The predicted octanol–water partition coefficient (Wildman–Crippen LogP) is 2.86. The molecule has 5 nitrogen and oxygen atoms in total. The van der Waals surface area contributed by atoms with Crippen LogP contribution in [-0.2, 0) is 13.0 Å². The van der Waals surface area contributed by atoms with E-state index in [1.165, 1.54) is 6.07 Å². The number of hydrogen-bond acceptors (Lipinski definition) is 3. The molecule has 6 heteroatoms. The van der Waals surface area contributed by atoms with Gasteiger partial charge in [0.25, 0.3) is 5.91 Å². The Balaban J connectivity index is 1.61. The van der Waals surface area contributed by atoms with Gasteiger partial charge in [0.1, 0.15) is 5.82 Å². The first-order valence-corrected chi connectivity index (χ1v) is 9.06. The minimum absolute atomic E-state index is 0.221. The first-order chi connectivity index (χ1) is 12.2. The van der Waals surface area contributed by atoms with Gasteiger partial charge in [-0.1, -0.05) is 31.0 Å². The molecule has 0 radical (unpaired) electrons. The maximum Gasteiger partial charge on any atom is 0.272 e. The van der Waals surface area contributed by atoms with Crippen LogP contribution in [0.2, 0.25) is 0 Å². The molecule has 1 saturated carbocycles. The van der Waals surface area contributed by atoms with Crippen molar-refractivity contribution in [3.63, 3.8) is 0 Å². The molecule has 2 aromatic rings. The lowest BCUT2D eigenvalue weighted by Crippen LogP contribution is -2.35. The van der Waals surface area contributed by atoms with Gasteiger partial charge in [-0.15, -0.1) is 0 Å². The summed E-state index contributed by atoms with van der Waals surface area (Å²) in [5, 5.41) is 13.5. The Kier molecular flexibility index (Phi) is 4.53. The summed E-state index contributed by atoms with van der Waals surface area (Å²) in [5.74, 6) is -0.208. The lowest BCUT2D eigenvalue weighted by Gasteiger charge is -2.25. The third-order valence-corrected chi connectivity index (χ3v) is 5.42. The fraction of sp³-hybridized carbons (Fsp3) is 0.474. The molecule has 1 aromatic heterocycles. The monoisotopic (exact) mass is 342 g/mol. The van der Waals surface area contributed by atoms with Gasteiger partial charge in [0, 0.05) is 36.3 Å². The first kappa shape index (κ1) is 16.3. The van der Waals surface area contributed by atoms with Crippen molar-refractivity contribution < 1.29 is 9.18 Å². The van der Waals surface area contributed by atoms with Gasteiger partial charge in [0.2, 0.25) is 0 Å². The van der Waals surface area contributed by atoms with Crippen molar-refractivity contribution in [2.75, 3.05) is 6.54 Å². The number of rotatable bonds is 4. The van der Waals surface area contributed by atoms with Crippen LogP contribution in [0.1, 0.15) is 59.0 Å². The van der Waals surface area contributed by atoms with E-state index in [0.717, 1.165) is 49.9 Å². The summed E-state index contributed by atoms with van der Waals surface area (Å²) in [6.45, 7) is 1.53. The molecule has 3 N–H and O–H groups in total. The van der Waals surface area contributed by atoms with Gasteiger partial charge < -0.3 is 10.6 Å². The Morgan fingerprint density at radius 1 is 1.28 bits per heavy atom. The number of carbonyl (C=O) groups is 1. The van der Waals surface area contributed by atoms with E-state index >= 15 is 0 Å². The molecule has 2 heterocycles. The van der Waals surface area contributed by atoms with Crippen molar-refractivity contribution in [3.8, 4) is 0 Å². The number of fused-ring (bicyclic) bond motifs is 1. The second-order valence-electron chi connectivity index (χ2n) is 6.97. The van der Waals surface area contributed by atoms with Crippen LogP contribution in [0.3, 0.4) is 0 Å². The van der Waals surface area contributed by atoms with E-state index < -0.39 is 0 Å². The Labute approximate surface area is 146 Å². The van der Waals surface area contributed by atoms with Crippen LogP contribution < -0.4 is 10.6 Å². The number of benzene rings is 1. The van der Waals surface area contributed by atoms with E-state index in [0.29, 0.717) is 17.8 Å². The average molecular weight is 342 g/mol. The molecular formula is C19H23FN4O. The highest BCUT2D eigenvalue weighted by Gasteiger charge is 2.31. The van der Waals surface area contributed by atoms with Crippen molar-refractivity contribution >= 4 is 5.91 Å². The minimum Gasteiger partial charge on any atom is -0.343 e. The van der Waals surface area contributed by atoms with Crippen LogP contribution in [0.15, 0.2) is 24.3 Å². The predicted molar refractivity (Wildman–Crippen MR) is 92.6 cm³/mol. The first-order valence-electron chi connectivity index (χ1n) is 9.06. The van der Waals surface area contributed by atoms with E-state index in [4.69, 9.17) is 0 Å². The molecule has 2 aliphatic rings. The Morgan fingerprint density at radius 2 is 2.08 bits per heavy atom. The summed E-state index contributed by atoms with van der Waals surface area (Å²) < 4.78 is 14.4. The number of halogens is 1. The zero-order valence-electron chi connectivity index (χ0n) is 14.1. The number of carbonyl (C=O) groups excluding carboxylic acids is 1. The van der Waals surface area contributed by atoms with Crippen LogP contribution in [0.4, 0.5) is 4.39 Å². The fourth-order valence-corrected chi connectivity index (χ4v) is 4.09. The summed E-state index contributed by atoms with van der Waals surface area (Å²) in [6, 6.07) is 6.44. The number of nitrogens with zero attached hydrogens (tertiary/aromatic N) is 1. The van der Waals surface area contributed by atoms with Crippen molar-refractivity contribution in [1.29, 1.82) is 0 Å². The van der Waals surface area contributed by atoms with E-state index in [1.807, 2.05) is 6.07 Å². The van der Waals surface area contributed by atoms with E-state index in [9.17, 15) is 9.18 Å². The number of H-pyrrole nitrogens is 1. The molecule has 1 unspecified atom stereocenters. The molecular weight excluding hydrogens is 319 g/mol. The molecule has 4 rings (SSSR count). The number of hydrogen-bond donors (Lipinski definition) is 3. The maximum absolute atomic E-state index is 14.4. The van der Waals surface area contributed by atoms with Gasteiger partial charge in [0.05, 0.1) is 6.04 Å². The normalized spacial score (nSPS) is 18.8. The molecule has 1 atom stereocenters. The molecule has 1 fully saturated rings. The van der Waals surface area contributed by atoms with Crippen molar-refractivity contribution in [1.82, 2.24) is 20.8 Å². The molecule has 1 amide bonds. The van der Waals surface area contributed by atoms with E-state index in [1.54, 1.807) is 12.1 Å². The molecule has 25 heavy (non-hydrogen) atoms. The molecule has 1 aliphatic heterocycles. The number of aromatic nitrogens is 2. The maximum atomic E-state index is 14.4. The molecule has 1 aliphatic carbocycles. The number of nitrogens with one attached hydrogen (secondary N) is 3. The van der Waals surface area contributed by atoms with Gasteiger partial charge in [0.15, 0.2) is 5.69 Å². The highest BCUT2D eigenvalue weighted by atomic mass is 19.1. The van der Waals surface area contributed by atoms with Crippen LogP contribution in [0, 0.1) is 11.7 Å². The SMILES string of the molecule is O=C(NC(c1ccccc1F)C1CCCC1)c1n[nH]c2c1CNCC2. The summed E-state index contributed by atoms with van der Waals surface area (Å²) in [7, 11) is 0. The van der Waals surface area contributed by atoms with Crippen LogP contribution >= 0.6 is 0 Å². The molecule has 0 bridgehead atoms. The number of aromatic amines is 1. The minimum atomic E-state index is -0.305. The zero-order valence-corrected chi connectivity index (χ0v) is 14.1. The Hall–Kier alpha value is -2.21. The third-order valence-electron chi connectivity index (χ3n) is 5.42. The quantitative estimate of drug-likeness (QED) is 0.800. The second kappa shape index (κ2) is 6.96. The van der Waals surface area contributed by atoms with Crippen molar-refractivity contribution in [3.05, 3.63) is 52.6 Å². The Bertz CT molecular complexity index is 767. The highest BCUT2D eigenvalue weighted by molar-refractivity contribution is 5.94. The van der Waals surface area contributed by atoms with Gasteiger partial charge in [-0.2, -0.15) is 5.10 Å². The van der Waals surface area contributed by atoms with Crippen LogP contribution in [0.5, 0.6) is 0 Å². The van der Waals surface area contributed by atoms with Crippen LogP contribution in [-0.4, -0.2) is 22.6 Å². The van der Waals surface area contributed by atoms with Gasteiger partial charge in [-0.05, 0) is 24.8 Å². The zero-order chi connectivity index (χ0) is 17.2.